The van der Waals surface area contributed by atoms with Gasteiger partial charge in [0.05, 0.1) is 30.9 Å². The summed E-state index contributed by atoms with van der Waals surface area (Å²) in [5.41, 5.74) is -0.531. The standard InChI is InChI=1S/C15H21F2N3O4/c1-9(2)7-20-13(14(16)17)11(6-18-20)15(23)19-3-4-24-10(8-19)5-12(21)22/h6,9-10,14H,3-5,7-8H2,1-2H3,(H,21,22). The number of halogens is 2. The van der Waals surface area contributed by atoms with E-state index in [2.05, 4.69) is 5.10 Å². The Kier molecular flexibility index (Phi) is 5.87. The fraction of sp³-hybridized carbons (Fsp3) is 0.667. The van der Waals surface area contributed by atoms with E-state index in [0.717, 1.165) is 10.9 Å². The van der Waals surface area contributed by atoms with E-state index in [1.165, 1.54) is 4.90 Å². The number of nitrogens with zero attached hydrogens (tertiary/aromatic N) is 3. The van der Waals surface area contributed by atoms with Crippen LogP contribution in [0.5, 0.6) is 0 Å². The minimum Gasteiger partial charge on any atom is -0.481 e. The summed E-state index contributed by atoms with van der Waals surface area (Å²) in [6.45, 7) is 4.50. The monoisotopic (exact) mass is 345 g/mol. The van der Waals surface area contributed by atoms with Gasteiger partial charge in [0.15, 0.2) is 0 Å². The first-order valence-electron chi connectivity index (χ1n) is 7.76. The molecule has 1 fully saturated rings. The van der Waals surface area contributed by atoms with Crippen LogP contribution in [-0.2, 0) is 16.1 Å². The fourth-order valence-electron chi connectivity index (χ4n) is 2.67. The Hall–Kier alpha value is -2.03. The summed E-state index contributed by atoms with van der Waals surface area (Å²) < 4.78 is 33.3. The molecule has 2 rings (SSSR count). The second-order valence-electron chi connectivity index (χ2n) is 6.16. The third kappa shape index (κ3) is 4.28. The van der Waals surface area contributed by atoms with E-state index in [9.17, 15) is 18.4 Å². The van der Waals surface area contributed by atoms with E-state index < -0.39 is 30.1 Å². The van der Waals surface area contributed by atoms with Gasteiger partial charge in [-0.2, -0.15) is 5.10 Å². The van der Waals surface area contributed by atoms with Crippen molar-refractivity contribution in [3.05, 3.63) is 17.5 Å². The number of alkyl halides is 2. The Bertz CT molecular complexity index is 604. The van der Waals surface area contributed by atoms with Crippen LogP contribution >= 0.6 is 0 Å². The first-order valence-corrected chi connectivity index (χ1v) is 7.76. The topological polar surface area (TPSA) is 84.7 Å². The molecular weight excluding hydrogens is 324 g/mol. The average Bonchev–Trinajstić information content (AvgIpc) is 2.89. The van der Waals surface area contributed by atoms with E-state index in [4.69, 9.17) is 9.84 Å². The Balaban J connectivity index is 2.19. The summed E-state index contributed by atoms with van der Waals surface area (Å²) in [6.07, 6.45) is -2.53. The van der Waals surface area contributed by atoms with Gasteiger partial charge in [0.1, 0.15) is 5.69 Å². The molecule has 0 spiro atoms. The molecule has 7 nitrogen and oxygen atoms in total. The summed E-state index contributed by atoms with van der Waals surface area (Å²) >= 11 is 0. The highest BCUT2D eigenvalue weighted by molar-refractivity contribution is 5.95. The first-order chi connectivity index (χ1) is 11.3. The van der Waals surface area contributed by atoms with E-state index in [1.807, 2.05) is 13.8 Å². The Labute approximate surface area is 138 Å². The first kappa shape index (κ1) is 18.3. The van der Waals surface area contributed by atoms with Gasteiger partial charge in [-0.1, -0.05) is 13.8 Å². The molecule has 1 atom stereocenters. The maximum Gasteiger partial charge on any atom is 0.306 e. The summed E-state index contributed by atoms with van der Waals surface area (Å²) in [6, 6.07) is 0. The molecule has 1 saturated heterocycles. The van der Waals surface area contributed by atoms with Gasteiger partial charge in [-0.25, -0.2) is 8.78 Å². The van der Waals surface area contributed by atoms with Crippen LogP contribution in [0.3, 0.4) is 0 Å². The van der Waals surface area contributed by atoms with Crippen LogP contribution in [0.1, 0.15) is 42.7 Å². The van der Waals surface area contributed by atoms with Gasteiger partial charge in [-0.05, 0) is 5.92 Å². The summed E-state index contributed by atoms with van der Waals surface area (Å²) in [7, 11) is 0. The third-order valence-corrected chi connectivity index (χ3v) is 3.68. The maximum atomic E-state index is 13.4. The second kappa shape index (κ2) is 7.69. The number of carboxylic acids is 1. The average molecular weight is 345 g/mol. The molecule has 0 aromatic carbocycles. The van der Waals surface area contributed by atoms with Crippen molar-refractivity contribution in [1.29, 1.82) is 0 Å². The van der Waals surface area contributed by atoms with Crippen molar-refractivity contribution >= 4 is 11.9 Å². The largest absolute Gasteiger partial charge is 0.481 e. The predicted octanol–water partition coefficient (Wildman–Crippen LogP) is 1.79. The number of rotatable bonds is 6. The minimum absolute atomic E-state index is 0.0587. The molecule has 0 aliphatic carbocycles. The lowest BCUT2D eigenvalue weighted by Crippen LogP contribution is -2.46. The number of carbonyl (C=O) groups is 2. The second-order valence-corrected chi connectivity index (χ2v) is 6.16. The van der Waals surface area contributed by atoms with Crippen molar-refractivity contribution in [3.8, 4) is 0 Å². The number of morpholine rings is 1. The number of amides is 1. The van der Waals surface area contributed by atoms with Crippen molar-refractivity contribution in [3.63, 3.8) is 0 Å². The van der Waals surface area contributed by atoms with Crippen LogP contribution in [-0.4, -0.2) is 57.5 Å². The maximum absolute atomic E-state index is 13.4. The molecule has 0 saturated carbocycles. The molecule has 1 aliphatic heterocycles. The van der Waals surface area contributed by atoms with Gasteiger partial charge in [-0.3, -0.25) is 14.3 Å². The SMILES string of the molecule is CC(C)Cn1ncc(C(=O)N2CCOC(CC(=O)O)C2)c1C(F)F. The summed E-state index contributed by atoms with van der Waals surface area (Å²) in [5, 5.41) is 12.7. The van der Waals surface area contributed by atoms with Crippen LogP contribution < -0.4 is 0 Å². The van der Waals surface area contributed by atoms with Crippen LogP contribution in [0, 0.1) is 5.92 Å². The smallest absolute Gasteiger partial charge is 0.306 e. The zero-order valence-corrected chi connectivity index (χ0v) is 13.6. The van der Waals surface area contributed by atoms with Gasteiger partial charge in [0.25, 0.3) is 12.3 Å². The van der Waals surface area contributed by atoms with Gasteiger partial charge in [-0.15, -0.1) is 0 Å². The molecule has 2 heterocycles. The normalized spacial score (nSPS) is 18.4. The van der Waals surface area contributed by atoms with E-state index in [0.29, 0.717) is 0 Å². The number of hydrogen-bond acceptors (Lipinski definition) is 4. The summed E-state index contributed by atoms with van der Waals surface area (Å²) in [5.74, 6) is -1.50. The number of ether oxygens (including phenoxy) is 1. The molecule has 134 valence electrons. The lowest BCUT2D eigenvalue weighted by atomic mass is 10.1. The van der Waals surface area contributed by atoms with Crippen molar-refractivity contribution in [2.75, 3.05) is 19.7 Å². The van der Waals surface area contributed by atoms with Crippen LogP contribution in [0.15, 0.2) is 6.20 Å². The van der Waals surface area contributed by atoms with Crippen molar-refractivity contribution in [2.45, 2.75) is 39.3 Å². The van der Waals surface area contributed by atoms with E-state index in [1.54, 1.807) is 0 Å². The van der Waals surface area contributed by atoms with Crippen LogP contribution in [0.4, 0.5) is 8.78 Å². The molecular formula is C15H21F2N3O4. The number of aliphatic carboxylic acids is 1. The van der Waals surface area contributed by atoms with Crippen LogP contribution in [0.2, 0.25) is 0 Å². The molecule has 9 heteroatoms. The van der Waals surface area contributed by atoms with Gasteiger partial charge in [0.2, 0.25) is 0 Å². The van der Waals surface area contributed by atoms with Crippen molar-refractivity contribution in [2.24, 2.45) is 5.92 Å². The molecule has 1 aromatic rings. The van der Waals surface area contributed by atoms with E-state index in [-0.39, 0.29) is 44.1 Å². The Morgan fingerprint density at radius 3 is 2.75 bits per heavy atom. The van der Waals surface area contributed by atoms with Gasteiger partial charge < -0.3 is 14.7 Å². The fourth-order valence-corrected chi connectivity index (χ4v) is 2.67. The molecule has 24 heavy (non-hydrogen) atoms. The Morgan fingerprint density at radius 2 is 2.17 bits per heavy atom. The van der Waals surface area contributed by atoms with Crippen LogP contribution in [0.25, 0.3) is 0 Å². The van der Waals surface area contributed by atoms with E-state index >= 15 is 0 Å². The number of aromatic nitrogens is 2. The number of carboxylic acid groups (broad SMARTS) is 1. The molecule has 1 N–H and O–H groups in total. The Morgan fingerprint density at radius 1 is 1.46 bits per heavy atom. The highest BCUT2D eigenvalue weighted by atomic mass is 19.3. The molecule has 1 aliphatic rings. The highest BCUT2D eigenvalue weighted by Crippen LogP contribution is 2.25. The quantitative estimate of drug-likeness (QED) is 0.850. The van der Waals surface area contributed by atoms with Crippen molar-refractivity contribution < 1.29 is 28.2 Å². The lowest BCUT2D eigenvalue weighted by molar-refractivity contribution is -0.141. The number of hydrogen-bond donors (Lipinski definition) is 1. The third-order valence-electron chi connectivity index (χ3n) is 3.68. The van der Waals surface area contributed by atoms with Gasteiger partial charge in [0, 0.05) is 19.6 Å². The highest BCUT2D eigenvalue weighted by Gasteiger charge is 2.31. The predicted molar refractivity (Wildman–Crippen MR) is 79.9 cm³/mol. The zero-order chi connectivity index (χ0) is 17.9. The van der Waals surface area contributed by atoms with Gasteiger partial charge >= 0.3 is 5.97 Å². The minimum atomic E-state index is -2.82. The molecule has 1 amide bonds. The molecule has 1 unspecified atom stereocenters. The summed E-state index contributed by atoms with van der Waals surface area (Å²) in [4.78, 5) is 24.7. The van der Waals surface area contributed by atoms with Crippen molar-refractivity contribution in [1.82, 2.24) is 14.7 Å². The molecule has 0 radical (unpaired) electrons. The molecule has 1 aromatic heterocycles. The number of carbonyl (C=O) groups excluding carboxylic acids is 1. The zero-order valence-electron chi connectivity index (χ0n) is 13.6. The lowest BCUT2D eigenvalue weighted by Gasteiger charge is -2.32. The molecule has 0 bridgehead atoms.